The molecule has 2 atom stereocenters. The van der Waals surface area contributed by atoms with Gasteiger partial charge in [-0.15, -0.1) is 0 Å². The van der Waals surface area contributed by atoms with Crippen LogP contribution in [0.1, 0.15) is 29.2 Å². The van der Waals surface area contributed by atoms with E-state index in [4.69, 9.17) is 5.73 Å². The van der Waals surface area contributed by atoms with Crippen LogP contribution in [-0.4, -0.2) is 29.8 Å². The lowest BCUT2D eigenvalue weighted by Crippen LogP contribution is -2.54. The van der Waals surface area contributed by atoms with Gasteiger partial charge in [-0.25, -0.2) is 4.39 Å². The van der Waals surface area contributed by atoms with Crippen molar-refractivity contribution in [2.24, 2.45) is 5.73 Å². The predicted octanol–water partition coefficient (Wildman–Crippen LogP) is 1.70. The van der Waals surface area contributed by atoms with E-state index in [0.717, 1.165) is 16.7 Å². The van der Waals surface area contributed by atoms with E-state index in [0.29, 0.717) is 5.56 Å². The van der Waals surface area contributed by atoms with E-state index >= 15 is 0 Å². The molecule has 0 unspecified atom stereocenters. The Labute approximate surface area is 169 Å². The van der Waals surface area contributed by atoms with Crippen LogP contribution in [0, 0.1) is 19.7 Å². The van der Waals surface area contributed by atoms with Crippen molar-refractivity contribution in [3.63, 3.8) is 0 Å². The molecule has 0 saturated carbocycles. The topological polar surface area (TPSA) is 101 Å². The summed E-state index contributed by atoms with van der Waals surface area (Å²) in [7, 11) is 0. The zero-order valence-corrected chi connectivity index (χ0v) is 16.8. The third kappa shape index (κ3) is 6.71. The van der Waals surface area contributed by atoms with E-state index in [1.165, 1.54) is 31.2 Å². The van der Waals surface area contributed by atoms with Gasteiger partial charge in [0.05, 0.1) is 0 Å². The molecule has 2 aromatic rings. The summed E-state index contributed by atoms with van der Waals surface area (Å²) >= 11 is 0. The number of halogens is 1. The van der Waals surface area contributed by atoms with Gasteiger partial charge in [0, 0.05) is 19.8 Å². The zero-order chi connectivity index (χ0) is 21.6. The number of aryl methyl sites for hydroxylation is 2. The number of nitrogens with two attached hydrogens (primary N) is 1. The number of carbonyl (C=O) groups excluding carboxylic acids is 3. The third-order valence-corrected chi connectivity index (χ3v) is 4.72. The fourth-order valence-corrected chi connectivity index (χ4v) is 2.97. The van der Waals surface area contributed by atoms with E-state index in [-0.39, 0.29) is 12.8 Å². The first kappa shape index (κ1) is 22.1. The highest BCUT2D eigenvalue weighted by molar-refractivity contribution is 5.91. The predicted molar refractivity (Wildman–Crippen MR) is 108 cm³/mol. The van der Waals surface area contributed by atoms with Gasteiger partial charge in [0.15, 0.2) is 0 Å². The van der Waals surface area contributed by atoms with Crippen molar-refractivity contribution < 1.29 is 18.8 Å². The molecule has 4 N–H and O–H groups in total. The van der Waals surface area contributed by atoms with Gasteiger partial charge in [-0.2, -0.15) is 0 Å². The van der Waals surface area contributed by atoms with E-state index in [1.807, 2.05) is 32.0 Å². The molecule has 0 aliphatic carbocycles. The molecule has 0 fully saturated rings. The Bertz CT molecular complexity index is 897. The number of hydrogen-bond acceptors (Lipinski definition) is 3. The summed E-state index contributed by atoms with van der Waals surface area (Å²) in [6.45, 7) is 5.25. The molecule has 0 spiro atoms. The number of amides is 3. The van der Waals surface area contributed by atoms with Crippen LogP contribution in [0.2, 0.25) is 0 Å². The quantitative estimate of drug-likeness (QED) is 0.630. The van der Waals surface area contributed by atoms with Gasteiger partial charge < -0.3 is 16.4 Å². The maximum Gasteiger partial charge on any atom is 0.243 e. The van der Waals surface area contributed by atoms with E-state index in [1.54, 1.807) is 0 Å². The van der Waals surface area contributed by atoms with Gasteiger partial charge in [0.25, 0.3) is 0 Å². The van der Waals surface area contributed by atoms with Gasteiger partial charge in [0.1, 0.15) is 17.9 Å². The Hall–Kier alpha value is -3.22. The summed E-state index contributed by atoms with van der Waals surface area (Å²) in [4.78, 5) is 36.2. The second-order valence-electron chi connectivity index (χ2n) is 7.17. The second-order valence-corrected chi connectivity index (χ2v) is 7.17. The van der Waals surface area contributed by atoms with Gasteiger partial charge in [-0.1, -0.05) is 30.3 Å². The summed E-state index contributed by atoms with van der Waals surface area (Å²) in [5.41, 5.74) is 9.22. The highest BCUT2D eigenvalue weighted by atomic mass is 19.1. The van der Waals surface area contributed by atoms with Gasteiger partial charge >= 0.3 is 0 Å². The molecule has 6 nitrogen and oxygen atoms in total. The Balaban J connectivity index is 2.14. The lowest BCUT2D eigenvalue weighted by Gasteiger charge is -2.22. The van der Waals surface area contributed by atoms with Crippen LogP contribution in [0.5, 0.6) is 0 Å². The van der Waals surface area contributed by atoms with Crippen molar-refractivity contribution in [1.82, 2.24) is 10.6 Å². The fraction of sp³-hybridized carbons (Fsp3) is 0.318. The van der Waals surface area contributed by atoms with Crippen molar-refractivity contribution in [3.05, 3.63) is 70.5 Å². The van der Waals surface area contributed by atoms with E-state index in [9.17, 15) is 18.8 Å². The molecule has 0 radical (unpaired) electrons. The average Bonchev–Trinajstić information content (AvgIpc) is 2.64. The molecular weight excluding hydrogens is 373 g/mol. The second kappa shape index (κ2) is 9.82. The Morgan fingerprint density at radius 3 is 2.03 bits per heavy atom. The summed E-state index contributed by atoms with van der Waals surface area (Å²) in [6.07, 6.45) is 0.395. The summed E-state index contributed by atoms with van der Waals surface area (Å²) in [5, 5.41) is 5.20. The maximum atomic E-state index is 13.1. The van der Waals surface area contributed by atoms with Crippen LogP contribution >= 0.6 is 0 Å². The first-order valence-corrected chi connectivity index (χ1v) is 9.33. The van der Waals surface area contributed by atoms with Gasteiger partial charge in [-0.3, -0.25) is 14.4 Å². The number of benzene rings is 2. The molecule has 0 aliphatic rings. The molecule has 7 heteroatoms. The highest BCUT2D eigenvalue weighted by Crippen LogP contribution is 2.12. The smallest absolute Gasteiger partial charge is 0.243 e. The van der Waals surface area contributed by atoms with Crippen LogP contribution in [0.25, 0.3) is 0 Å². The normalized spacial score (nSPS) is 12.7. The van der Waals surface area contributed by atoms with Crippen molar-refractivity contribution in [1.29, 1.82) is 0 Å². The standard InChI is InChI=1S/C22H26FN3O3/c1-13-4-5-17(10-14(13)2)12-19(21(24)28)26-22(29)20(25-15(3)27)11-16-6-8-18(23)9-7-16/h4-10,19-20H,11-12H2,1-3H3,(H2,24,28)(H,25,27)(H,26,29)/t19-,20-/m1/s1. The van der Waals surface area contributed by atoms with Crippen molar-refractivity contribution in [2.45, 2.75) is 45.7 Å². The first-order chi connectivity index (χ1) is 13.7. The molecule has 0 aliphatic heterocycles. The summed E-state index contributed by atoms with van der Waals surface area (Å²) in [6, 6.07) is 9.58. The largest absolute Gasteiger partial charge is 0.368 e. The Kier molecular flexibility index (Phi) is 7.47. The average molecular weight is 399 g/mol. The fourth-order valence-electron chi connectivity index (χ4n) is 2.97. The molecule has 0 bridgehead atoms. The summed E-state index contributed by atoms with van der Waals surface area (Å²) in [5.74, 6) is -1.98. The molecule has 2 aromatic carbocycles. The third-order valence-electron chi connectivity index (χ3n) is 4.72. The molecule has 0 saturated heterocycles. The Morgan fingerprint density at radius 2 is 1.48 bits per heavy atom. The molecule has 154 valence electrons. The first-order valence-electron chi connectivity index (χ1n) is 9.33. The van der Waals surface area contributed by atoms with Crippen LogP contribution in [-0.2, 0) is 27.2 Å². The number of rotatable bonds is 8. The van der Waals surface area contributed by atoms with Crippen molar-refractivity contribution in [2.75, 3.05) is 0 Å². The van der Waals surface area contributed by atoms with Crippen LogP contribution in [0.3, 0.4) is 0 Å². The molecule has 3 amide bonds. The SMILES string of the molecule is CC(=O)N[C@H](Cc1ccc(F)cc1)C(=O)N[C@H](Cc1ccc(C)c(C)c1)C(N)=O. The minimum absolute atomic E-state index is 0.154. The maximum absolute atomic E-state index is 13.1. The molecule has 0 aromatic heterocycles. The molecule has 29 heavy (non-hydrogen) atoms. The van der Waals surface area contributed by atoms with Crippen molar-refractivity contribution in [3.8, 4) is 0 Å². The highest BCUT2D eigenvalue weighted by Gasteiger charge is 2.25. The zero-order valence-electron chi connectivity index (χ0n) is 16.8. The van der Waals surface area contributed by atoms with Crippen LogP contribution in [0.15, 0.2) is 42.5 Å². The number of hydrogen-bond donors (Lipinski definition) is 3. The van der Waals surface area contributed by atoms with Gasteiger partial charge in [0.2, 0.25) is 17.7 Å². The van der Waals surface area contributed by atoms with Crippen molar-refractivity contribution >= 4 is 17.7 Å². The van der Waals surface area contributed by atoms with E-state index < -0.39 is 35.6 Å². The molecule has 0 heterocycles. The van der Waals surface area contributed by atoms with Crippen LogP contribution < -0.4 is 16.4 Å². The lowest BCUT2D eigenvalue weighted by molar-refractivity contribution is -0.130. The van der Waals surface area contributed by atoms with E-state index in [2.05, 4.69) is 10.6 Å². The van der Waals surface area contributed by atoms with Crippen LogP contribution in [0.4, 0.5) is 4.39 Å². The monoisotopic (exact) mass is 399 g/mol. The summed E-state index contributed by atoms with van der Waals surface area (Å²) < 4.78 is 13.1. The minimum Gasteiger partial charge on any atom is -0.368 e. The number of carbonyl (C=O) groups is 3. The molecular formula is C22H26FN3O3. The van der Waals surface area contributed by atoms with Gasteiger partial charge in [-0.05, 0) is 48.2 Å². The Morgan fingerprint density at radius 1 is 0.897 bits per heavy atom. The minimum atomic E-state index is -0.922. The number of nitrogens with one attached hydrogen (secondary N) is 2. The lowest BCUT2D eigenvalue weighted by atomic mass is 9.99. The molecule has 2 rings (SSSR count). The number of primary amides is 1.